The van der Waals surface area contributed by atoms with E-state index in [1.165, 1.54) is 6.42 Å². The Morgan fingerprint density at radius 2 is 1.94 bits per heavy atom. The quantitative estimate of drug-likeness (QED) is 0.898. The van der Waals surface area contributed by atoms with Crippen molar-refractivity contribution in [1.82, 2.24) is 0 Å². The maximum absolute atomic E-state index is 10.7. The Morgan fingerprint density at radius 3 is 2.35 bits per heavy atom. The Bertz CT molecular complexity index is 376. The van der Waals surface area contributed by atoms with Gasteiger partial charge in [-0.3, -0.25) is 0 Å². The van der Waals surface area contributed by atoms with Crippen LogP contribution in [-0.4, -0.2) is 17.3 Å². The average Bonchev–Trinajstić information content (AvgIpc) is 2.20. The zero-order valence-electron chi connectivity index (χ0n) is 10.2. The summed E-state index contributed by atoms with van der Waals surface area (Å²) in [5.41, 5.74) is 6.26. The predicted molar refractivity (Wildman–Crippen MR) is 73.8 cm³/mol. The number of hydrogen-bond donors (Lipinski definition) is 2. The lowest BCUT2D eigenvalue weighted by atomic mass is 9.58. The molecule has 0 amide bonds. The van der Waals surface area contributed by atoms with Crippen LogP contribution < -0.4 is 5.73 Å². The van der Waals surface area contributed by atoms with Crippen LogP contribution in [0.15, 0.2) is 28.7 Å². The van der Waals surface area contributed by atoms with Gasteiger partial charge in [0.15, 0.2) is 0 Å². The molecule has 0 aromatic heterocycles. The minimum absolute atomic E-state index is 0.0694. The topological polar surface area (TPSA) is 46.2 Å². The van der Waals surface area contributed by atoms with E-state index in [0.717, 1.165) is 22.9 Å². The van der Waals surface area contributed by atoms with Gasteiger partial charge in [-0.2, -0.15) is 0 Å². The van der Waals surface area contributed by atoms with Gasteiger partial charge in [-0.15, -0.1) is 0 Å². The van der Waals surface area contributed by atoms with Crippen LogP contribution in [0.1, 0.15) is 31.7 Å². The third-order valence-electron chi connectivity index (χ3n) is 4.31. The van der Waals surface area contributed by atoms with Gasteiger partial charge in [-0.05, 0) is 37.5 Å². The van der Waals surface area contributed by atoms with E-state index in [1.807, 2.05) is 19.1 Å². The van der Waals surface area contributed by atoms with Gasteiger partial charge in [-0.1, -0.05) is 34.5 Å². The summed E-state index contributed by atoms with van der Waals surface area (Å²) < 4.78 is 1.07. The number of hydrogen-bond acceptors (Lipinski definition) is 2. The smallest absolute Gasteiger partial charge is 0.0727 e. The molecular weight excluding hydrogens is 278 g/mol. The van der Waals surface area contributed by atoms with Crippen LogP contribution in [0.5, 0.6) is 0 Å². The molecule has 3 N–H and O–H groups in total. The van der Waals surface area contributed by atoms with Crippen molar-refractivity contribution < 1.29 is 5.11 Å². The normalized spacial score (nSPS) is 21.6. The molecule has 0 radical (unpaired) electrons. The second kappa shape index (κ2) is 4.71. The molecule has 17 heavy (non-hydrogen) atoms. The lowest BCUT2D eigenvalue weighted by molar-refractivity contribution is -0.109. The van der Waals surface area contributed by atoms with Gasteiger partial charge >= 0.3 is 0 Å². The fourth-order valence-electron chi connectivity index (χ4n) is 2.75. The van der Waals surface area contributed by atoms with Gasteiger partial charge in [-0.25, -0.2) is 0 Å². The first-order valence-electron chi connectivity index (χ1n) is 6.16. The summed E-state index contributed by atoms with van der Waals surface area (Å²) in [7, 11) is 0. The Labute approximate surface area is 111 Å². The molecule has 1 aromatic carbocycles. The summed E-state index contributed by atoms with van der Waals surface area (Å²) in [4.78, 5) is 0. The maximum Gasteiger partial charge on any atom is 0.0727 e. The molecule has 0 saturated heterocycles. The fourth-order valence-corrected chi connectivity index (χ4v) is 3.02. The first-order valence-corrected chi connectivity index (χ1v) is 6.95. The van der Waals surface area contributed by atoms with E-state index >= 15 is 0 Å². The van der Waals surface area contributed by atoms with Crippen molar-refractivity contribution in [3.05, 3.63) is 34.3 Å². The molecule has 0 bridgehead atoms. The molecule has 3 heteroatoms. The highest BCUT2D eigenvalue weighted by Gasteiger charge is 2.49. The third-order valence-corrected chi connectivity index (χ3v) is 4.83. The molecule has 1 unspecified atom stereocenters. The number of benzene rings is 1. The molecule has 1 fully saturated rings. The van der Waals surface area contributed by atoms with E-state index in [1.54, 1.807) is 0 Å². The van der Waals surface area contributed by atoms with Crippen LogP contribution in [0, 0.1) is 5.41 Å². The average molecular weight is 298 g/mol. The Morgan fingerprint density at radius 1 is 1.35 bits per heavy atom. The summed E-state index contributed by atoms with van der Waals surface area (Å²) in [6.45, 7) is 2.51. The predicted octanol–water partition coefficient (Wildman–Crippen LogP) is 2.87. The molecule has 0 heterocycles. The molecule has 1 saturated carbocycles. The number of halogens is 1. The SMILES string of the molecule is CC(O)(Cc1ccc(Br)cc1)C1(CN)CCC1. The summed E-state index contributed by atoms with van der Waals surface area (Å²) >= 11 is 3.42. The van der Waals surface area contributed by atoms with E-state index in [-0.39, 0.29) is 5.41 Å². The highest BCUT2D eigenvalue weighted by atomic mass is 79.9. The minimum atomic E-state index is -0.701. The Balaban J connectivity index is 2.13. The van der Waals surface area contributed by atoms with Crippen molar-refractivity contribution in [2.75, 3.05) is 6.54 Å². The summed E-state index contributed by atoms with van der Waals surface area (Å²) in [5.74, 6) is 0. The first kappa shape index (κ1) is 13.1. The van der Waals surface area contributed by atoms with Crippen molar-refractivity contribution >= 4 is 15.9 Å². The lowest BCUT2D eigenvalue weighted by Gasteiger charge is -2.51. The highest BCUT2D eigenvalue weighted by Crippen LogP contribution is 2.49. The van der Waals surface area contributed by atoms with Crippen molar-refractivity contribution in [1.29, 1.82) is 0 Å². The molecule has 94 valence electrons. The second-order valence-corrected chi connectivity index (χ2v) is 6.33. The first-order chi connectivity index (χ1) is 7.99. The van der Waals surface area contributed by atoms with Crippen LogP contribution in [0.4, 0.5) is 0 Å². The summed E-state index contributed by atoms with van der Waals surface area (Å²) in [6, 6.07) is 8.14. The highest BCUT2D eigenvalue weighted by molar-refractivity contribution is 9.10. The zero-order valence-corrected chi connectivity index (χ0v) is 11.8. The maximum atomic E-state index is 10.7. The molecule has 2 nitrogen and oxygen atoms in total. The van der Waals surface area contributed by atoms with Gasteiger partial charge in [0.2, 0.25) is 0 Å². The van der Waals surface area contributed by atoms with Crippen LogP contribution in [-0.2, 0) is 6.42 Å². The van der Waals surface area contributed by atoms with E-state index in [0.29, 0.717) is 13.0 Å². The standard InChI is InChI=1S/C14H20BrNO/c1-13(17,14(10-16)7-2-8-14)9-11-3-5-12(15)6-4-11/h3-6,17H,2,7-10,16H2,1H3. The van der Waals surface area contributed by atoms with Gasteiger partial charge in [0.1, 0.15) is 0 Å². The number of aliphatic hydroxyl groups is 1. The van der Waals surface area contributed by atoms with Gasteiger partial charge in [0, 0.05) is 22.9 Å². The molecule has 2 rings (SSSR count). The van der Waals surface area contributed by atoms with Crippen LogP contribution >= 0.6 is 15.9 Å². The van der Waals surface area contributed by atoms with E-state index in [2.05, 4.69) is 28.1 Å². The molecular formula is C14H20BrNO. The summed E-state index contributed by atoms with van der Waals surface area (Å²) in [5, 5.41) is 10.7. The summed E-state index contributed by atoms with van der Waals surface area (Å²) in [6.07, 6.45) is 3.96. The molecule has 1 aromatic rings. The van der Waals surface area contributed by atoms with Crippen molar-refractivity contribution in [2.24, 2.45) is 11.1 Å². The Kier molecular flexibility index (Phi) is 3.62. The van der Waals surface area contributed by atoms with Crippen LogP contribution in [0.25, 0.3) is 0 Å². The largest absolute Gasteiger partial charge is 0.389 e. The molecule has 0 spiro atoms. The van der Waals surface area contributed by atoms with Gasteiger partial charge in [0.05, 0.1) is 5.60 Å². The van der Waals surface area contributed by atoms with Crippen LogP contribution in [0.2, 0.25) is 0 Å². The third kappa shape index (κ3) is 2.42. The molecule has 1 aliphatic carbocycles. The second-order valence-electron chi connectivity index (χ2n) is 5.42. The minimum Gasteiger partial charge on any atom is -0.389 e. The Hall–Kier alpha value is -0.380. The lowest BCUT2D eigenvalue weighted by Crippen LogP contribution is -2.56. The van der Waals surface area contributed by atoms with Gasteiger partial charge in [0.25, 0.3) is 0 Å². The van der Waals surface area contributed by atoms with Crippen molar-refractivity contribution in [3.8, 4) is 0 Å². The molecule has 1 atom stereocenters. The van der Waals surface area contributed by atoms with Crippen molar-refractivity contribution in [2.45, 2.75) is 38.2 Å². The van der Waals surface area contributed by atoms with Gasteiger partial charge < -0.3 is 10.8 Å². The monoisotopic (exact) mass is 297 g/mol. The fraction of sp³-hybridized carbons (Fsp3) is 0.571. The van der Waals surface area contributed by atoms with E-state index < -0.39 is 5.60 Å². The zero-order chi connectivity index (χ0) is 12.5. The molecule has 1 aliphatic rings. The van der Waals surface area contributed by atoms with E-state index in [4.69, 9.17) is 5.73 Å². The molecule has 0 aliphatic heterocycles. The van der Waals surface area contributed by atoms with Crippen molar-refractivity contribution in [3.63, 3.8) is 0 Å². The van der Waals surface area contributed by atoms with Crippen LogP contribution in [0.3, 0.4) is 0 Å². The number of rotatable bonds is 4. The van der Waals surface area contributed by atoms with E-state index in [9.17, 15) is 5.11 Å². The number of nitrogens with two attached hydrogens (primary N) is 1.